The number of nitrogens with two attached hydrogens (primary N) is 1. The van der Waals surface area contributed by atoms with E-state index in [1.54, 1.807) is 6.33 Å². The Morgan fingerprint density at radius 1 is 0.950 bits per heavy atom. The Morgan fingerprint density at radius 2 is 1.65 bits per heavy atom. The summed E-state index contributed by atoms with van der Waals surface area (Å²) in [5.41, 5.74) is 6.57. The largest absolute Gasteiger partial charge is 0.457 e. The first-order valence-corrected chi connectivity index (χ1v) is 6.29. The first-order chi connectivity index (χ1) is 9.86. The number of nitrogens with zero attached hydrogens (tertiary/aromatic N) is 3. The number of ether oxygens (including phenoxy) is 1. The summed E-state index contributed by atoms with van der Waals surface area (Å²) in [6.07, 6.45) is 1.65. The SMILES string of the molecule is NCc1nncn1-c1ccc(Oc2ccccc2)cc1. The number of benzene rings is 2. The van der Waals surface area contributed by atoms with Crippen LogP contribution in [0.25, 0.3) is 5.69 Å². The van der Waals surface area contributed by atoms with Gasteiger partial charge in [-0.2, -0.15) is 0 Å². The monoisotopic (exact) mass is 266 g/mol. The molecule has 5 nitrogen and oxygen atoms in total. The molecule has 0 radical (unpaired) electrons. The Hall–Kier alpha value is -2.66. The van der Waals surface area contributed by atoms with Crippen molar-refractivity contribution in [2.45, 2.75) is 6.54 Å². The molecule has 0 saturated heterocycles. The number of hydrogen-bond acceptors (Lipinski definition) is 4. The van der Waals surface area contributed by atoms with Crippen molar-refractivity contribution < 1.29 is 4.74 Å². The maximum atomic E-state index is 5.74. The zero-order valence-corrected chi connectivity index (χ0v) is 10.8. The van der Waals surface area contributed by atoms with Gasteiger partial charge in [0.15, 0.2) is 5.82 Å². The van der Waals surface area contributed by atoms with E-state index in [1.807, 2.05) is 59.2 Å². The molecule has 3 aromatic rings. The maximum absolute atomic E-state index is 5.74. The molecule has 20 heavy (non-hydrogen) atoms. The molecule has 0 atom stereocenters. The molecular formula is C15H14N4O. The first-order valence-electron chi connectivity index (χ1n) is 6.29. The average molecular weight is 266 g/mol. The van der Waals surface area contributed by atoms with Crippen LogP contribution in [0.2, 0.25) is 0 Å². The standard InChI is InChI=1S/C15H14N4O/c16-10-15-18-17-11-19(15)12-6-8-14(9-7-12)20-13-4-2-1-3-5-13/h1-9,11H,10,16H2. The van der Waals surface area contributed by atoms with Crippen molar-refractivity contribution in [3.05, 3.63) is 66.7 Å². The Balaban J connectivity index is 1.81. The smallest absolute Gasteiger partial charge is 0.151 e. The molecular weight excluding hydrogens is 252 g/mol. The first kappa shape index (κ1) is 12.4. The lowest BCUT2D eigenvalue weighted by atomic mass is 10.3. The minimum atomic E-state index is 0.349. The summed E-state index contributed by atoms with van der Waals surface area (Å²) in [7, 11) is 0. The maximum Gasteiger partial charge on any atom is 0.151 e. The van der Waals surface area contributed by atoms with Crippen LogP contribution in [0.1, 0.15) is 5.82 Å². The molecule has 1 aromatic heterocycles. The van der Waals surface area contributed by atoms with Crippen LogP contribution in [-0.2, 0) is 6.54 Å². The van der Waals surface area contributed by atoms with Gasteiger partial charge in [-0.05, 0) is 36.4 Å². The number of hydrogen-bond donors (Lipinski definition) is 1. The van der Waals surface area contributed by atoms with Gasteiger partial charge in [-0.3, -0.25) is 4.57 Å². The zero-order chi connectivity index (χ0) is 13.8. The van der Waals surface area contributed by atoms with E-state index in [2.05, 4.69) is 10.2 Å². The van der Waals surface area contributed by atoms with Crippen molar-refractivity contribution in [2.75, 3.05) is 0 Å². The van der Waals surface area contributed by atoms with E-state index < -0.39 is 0 Å². The molecule has 1 heterocycles. The number of para-hydroxylation sites is 1. The average Bonchev–Trinajstić information content (AvgIpc) is 2.98. The van der Waals surface area contributed by atoms with Crippen LogP contribution in [0.3, 0.4) is 0 Å². The lowest BCUT2D eigenvalue weighted by Crippen LogP contribution is -2.06. The fraction of sp³-hybridized carbons (Fsp3) is 0.0667. The normalized spacial score (nSPS) is 10.4. The number of rotatable bonds is 4. The van der Waals surface area contributed by atoms with Gasteiger partial charge in [0.1, 0.15) is 17.8 Å². The molecule has 3 rings (SSSR count). The van der Waals surface area contributed by atoms with Gasteiger partial charge < -0.3 is 10.5 Å². The second-order valence-corrected chi connectivity index (χ2v) is 4.23. The predicted molar refractivity (Wildman–Crippen MR) is 75.8 cm³/mol. The second kappa shape index (κ2) is 5.54. The molecule has 0 bridgehead atoms. The topological polar surface area (TPSA) is 66.0 Å². The van der Waals surface area contributed by atoms with Crippen molar-refractivity contribution in [1.82, 2.24) is 14.8 Å². The molecule has 0 aliphatic rings. The fourth-order valence-corrected chi connectivity index (χ4v) is 1.91. The highest BCUT2D eigenvalue weighted by atomic mass is 16.5. The molecule has 0 saturated carbocycles. The van der Waals surface area contributed by atoms with Crippen molar-refractivity contribution in [3.63, 3.8) is 0 Å². The molecule has 0 aliphatic heterocycles. The zero-order valence-electron chi connectivity index (χ0n) is 10.8. The van der Waals surface area contributed by atoms with E-state index in [1.165, 1.54) is 0 Å². The highest BCUT2D eigenvalue weighted by molar-refractivity contribution is 5.39. The molecule has 0 aliphatic carbocycles. The Kier molecular flexibility index (Phi) is 3.43. The van der Waals surface area contributed by atoms with Crippen molar-refractivity contribution >= 4 is 0 Å². The van der Waals surface area contributed by atoms with Crippen LogP contribution in [0, 0.1) is 0 Å². The summed E-state index contributed by atoms with van der Waals surface area (Å²) in [5, 5.41) is 7.82. The highest BCUT2D eigenvalue weighted by Gasteiger charge is 2.04. The second-order valence-electron chi connectivity index (χ2n) is 4.23. The van der Waals surface area contributed by atoms with Gasteiger partial charge >= 0.3 is 0 Å². The van der Waals surface area contributed by atoms with Crippen molar-refractivity contribution in [1.29, 1.82) is 0 Å². The summed E-state index contributed by atoms with van der Waals surface area (Å²) >= 11 is 0. The molecule has 2 N–H and O–H groups in total. The van der Waals surface area contributed by atoms with Gasteiger partial charge in [0.25, 0.3) is 0 Å². The molecule has 0 fully saturated rings. The predicted octanol–water partition coefficient (Wildman–Crippen LogP) is 2.52. The third kappa shape index (κ3) is 2.53. The number of aromatic nitrogens is 3. The van der Waals surface area contributed by atoms with Crippen LogP contribution >= 0.6 is 0 Å². The van der Waals surface area contributed by atoms with Gasteiger partial charge in [0.05, 0.1) is 6.54 Å². The molecule has 100 valence electrons. The Bertz CT molecular complexity index is 677. The molecule has 0 amide bonds. The van der Waals surface area contributed by atoms with Crippen molar-refractivity contribution in [2.24, 2.45) is 5.73 Å². The summed E-state index contributed by atoms with van der Waals surface area (Å²) in [4.78, 5) is 0. The van der Waals surface area contributed by atoms with E-state index >= 15 is 0 Å². The van der Waals surface area contributed by atoms with Gasteiger partial charge in [-0.15, -0.1) is 10.2 Å². The van der Waals surface area contributed by atoms with Gasteiger partial charge in [0.2, 0.25) is 0 Å². The summed E-state index contributed by atoms with van der Waals surface area (Å²) in [6.45, 7) is 0.349. The van der Waals surface area contributed by atoms with E-state index in [9.17, 15) is 0 Å². The minimum Gasteiger partial charge on any atom is -0.457 e. The summed E-state index contributed by atoms with van der Waals surface area (Å²) in [6, 6.07) is 17.4. The molecule has 0 unspecified atom stereocenters. The summed E-state index contributed by atoms with van der Waals surface area (Å²) in [5.74, 6) is 2.32. The van der Waals surface area contributed by atoms with E-state index in [4.69, 9.17) is 10.5 Å². The Morgan fingerprint density at radius 3 is 2.35 bits per heavy atom. The molecule has 0 spiro atoms. The van der Waals surface area contributed by atoms with Crippen LogP contribution in [0.4, 0.5) is 0 Å². The fourth-order valence-electron chi connectivity index (χ4n) is 1.91. The lowest BCUT2D eigenvalue weighted by molar-refractivity contribution is 0.482. The third-order valence-electron chi connectivity index (χ3n) is 2.89. The van der Waals surface area contributed by atoms with Crippen LogP contribution < -0.4 is 10.5 Å². The Labute approximate surface area is 116 Å². The van der Waals surface area contributed by atoms with Crippen LogP contribution in [0.15, 0.2) is 60.9 Å². The summed E-state index contributed by atoms with van der Waals surface area (Å²) < 4.78 is 7.60. The van der Waals surface area contributed by atoms with Gasteiger partial charge in [-0.25, -0.2) is 0 Å². The quantitative estimate of drug-likeness (QED) is 0.788. The highest BCUT2D eigenvalue weighted by Crippen LogP contribution is 2.22. The van der Waals surface area contributed by atoms with Gasteiger partial charge in [-0.1, -0.05) is 18.2 Å². The molecule has 2 aromatic carbocycles. The van der Waals surface area contributed by atoms with Crippen LogP contribution in [-0.4, -0.2) is 14.8 Å². The van der Waals surface area contributed by atoms with Gasteiger partial charge in [0, 0.05) is 5.69 Å². The van der Waals surface area contributed by atoms with Crippen LogP contribution in [0.5, 0.6) is 11.5 Å². The molecule has 5 heteroatoms. The lowest BCUT2D eigenvalue weighted by Gasteiger charge is -2.08. The minimum absolute atomic E-state index is 0.349. The van der Waals surface area contributed by atoms with Crippen molar-refractivity contribution in [3.8, 4) is 17.2 Å². The third-order valence-corrected chi connectivity index (χ3v) is 2.89. The van der Waals surface area contributed by atoms with E-state index in [-0.39, 0.29) is 0 Å². The van der Waals surface area contributed by atoms with E-state index in [0.29, 0.717) is 6.54 Å². The van der Waals surface area contributed by atoms with E-state index in [0.717, 1.165) is 23.0 Å².